The van der Waals surface area contributed by atoms with Crippen molar-refractivity contribution in [2.45, 2.75) is 50.7 Å². The largest absolute Gasteiger partial charge is 0.393 e. The van der Waals surface area contributed by atoms with Crippen molar-refractivity contribution in [1.29, 1.82) is 0 Å². The first kappa shape index (κ1) is 16.1. The Morgan fingerprint density at radius 2 is 2.00 bits per heavy atom. The van der Waals surface area contributed by atoms with Gasteiger partial charge in [0.2, 0.25) is 0 Å². The molecule has 1 aromatic rings. The van der Waals surface area contributed by atoms with E-state index < -0.39 is 0 Å². The van der Waals surface area contributed by atoms with Crippen LogP contribution in [0.2, 0.25) is 0 Å². The van der Waals surface area contributed by atoms with Crippen LogP contribution in [0.5, 0.6) is 0 Å². The minimum Gasteiger partial charge on any atom is -0.393 e. The molecule has 0 radical (unpaired) electrons. The number of hydrogen-bond donors (Lipinski definition) is 3. The second kappa shape index (κ2) is 6.85. The molecule has 1 aromatic carbocycles. The van der Waals surface area contributed by atoms with Gasteiger partial charge in [-0.05, 0) is 87.1 Å². The third kappa shape index (κ3) is 3.50. The van der Waals surface area contributed by atoms with Crippen LogP contribution in [0.4, 0.5) is 0 Å². The fourth-order valence-corrected chi connectivity index (χ4v) is 5.03. The first-order valence-corrected chi connectivity index (χ1v) is 9.46. The molecule has 4 nitrogen and oxygen atoms in total. The monoisotopic (exact) mass is 328 g/mol. The van der Waals surface area contributed by atoms with E-state index >= 15 is 0 Å². The molecule has 5 atom stereocenters. The van der Waals surface area contributed by atoms with Gasteiger partial charge in [-0.3, -0.25) is 4.79 Å². The summed E-state index contributed by atoms with van der Waals surface area (Å²) in [5, 5.41) is 16.4. The van der Waals surface area contributed by atoms with Crippen molar-refractivity contribution in [3.63, 3.8) is 0 Å². The van der Waals surface area contributed by atoms with E-state index in [-0.39, 0.29) is 18.1 Å². The first-order chi connectivity index (χ1) is 11.7. The van der Waals surface area contributed by atoms with Gasteiger partial charge in [-0.1, -0.05) is 12.1 Å². The zero-order chi connectivity index (χ0) is 16.5. The quantitative estimate of drug-likeness (QED) is 0.793. The Hall–Kier alpha value is -1.39. The molecular formula is C20H28N2O2. The lowest BCUT2D eigenvalue weighted by Gasteiger charge is -2.15. The van der Waals surface area contributed by atoms with Gasteiger partial charge in [0.15, 0.2) is 0 Å². The van der Waals surface area contributed by atoms with Gasteiger partial charge < -0.3 is 15.7 Å². The number of amides is 1. The van der Waals surface area contributed by atoms with E-state index in [4.69, 9.17) is 0 Å². The van der Waals surface area contributed by atoms with E-state index in [1.165, 1.54) is 12.0 Å². The van der Waals surface area contributed by atoms with Crippen LogP contribution >= 0.6 is 0 Å². The van der Waals surface area contributed by atoms with Crippen LogP contribution in [0, 0.1) is 17.8 Å². The van der Waals surface area contributed by atoms with E-state index in [1.807, 2.05) is 12.1 Å². The first-order valence-electron chi connectivity index (χ1n) is 9.46. The van der Waals surface area contributed by atoms with Crippen LogP contribution in [-0.2, 0) is 6.42 Å². The number of hydrogen-bond acceptors (Lipinski definition) is 3. The molecule has 130 valence electrons. The summed E-state index contributed by atoms with van der Waals surface area (Å²) in [6.07, 6.45) is 6.07. The predicted octanol–water partition coefficient (Wildman–Crippen LogP) is 2.12. The fourth-order valence-electron chi connectivity index (χ4n) is 5.03. The molecule has 2 aliphatic carbocycles. The van der Waals surface area contributed by atoms with Crippen molar-refractivity contribution >= 4 is 5.91 Å². The molecule has 1 saturated heterocycles. The summed E-state index contributed by atoms with van der Waals surface area (Å²) in [6.45, 7) is 2.21. The van der Waals surface area contributed by atoms with Gasteiger partial charge in [-0.25, -0.2) is 0 Å². The lowest BCUT2D eigenvalue weighted by molar-refractivity contribution is 0.0934. The average molecular weight is 328 g/mol. The van der Waals surface area contributed by atoms with E-state index in [0.29, 0.717) is 17.8 Å². The molecule has 1 heterocycles. The van der Waals surface area contributed by atoms with Gasteiger partial charge in [0.25, 0.3) is 5.91 Å². The lowest BCUT2D eigenvalue weighted by Crippen LogP contribution is -2.33. The second-order valence-electron chi connectivity index (χ2n) is 8.05. The molecule has 4 rings (SSSR count). The van der Waals surface area contributed by atoms with Crippen LogP contribution in [0.15, 0.2) is 24.3 Å². The standard InChI is InChI=1S/C20H28N2O2/c23-19-10-16-8-18(9-17(16)11-19)22-20(24)15-3-1-2-13(7-15)6-14-4-5-21-12-14/h1-3,7,14,16-19,21,23H,4-6,8-12H2,(H,22,24)/t14?,16-,17+,18?,19?. The highest BCUT2D eigenvalue weighted by atomic mass is 16.3. The van der Waals surface area contributed by atoms with E-state index in [9.17, 15) is 9.90 Å². The number of carbonyl (C=O) groups excluding carboxylic acids is 1. The summed E-state index contributed by atoms with van der Waals surface area (Å²) >= 11 is 0. The van der Waals surface area contributed by atoms with Crippen LogP contribution in [0.3, 0.4) is 0 Å². The Morgan fingerprint density at radius 1 is 1.21 bits per heavy atom. The third-order valence-corrected chi connectivity index (χ3v) is 6.20. The maximum absolute atomic E-state index is 12.6. The van der Waals surface area contributed by atoms with Crippen LogP contribution in [-0.4, -0.2) is 36.2 Å². The van der Waals surface area contributed by atoms with Crippen LogP contribution in [0.25, 0.3) is 0 Å². The van der Waals surface area contributed by atoms with Crippen molar-refractivity contribution in [2.24, 2.45) is 17.8 Å². The maximum atomic E-state index is 12.6. The van der Waals surface area contributed by atoms with Gasteiger partial charge in [0.1, 0.15) is 0 Å². The summed E-state index contributed by atoms with van der Waals surface area (Å²) in [5.41, 5.74) is 2.05. The molecule has 24 heavy (non-hydrogen) atoms. The number of fused-ring (bicyclic) bond motifs is 1. The van der Waals surface area contributed by atoms with Gasteiger partial charge in [-0.2, -0.15) is 0 Å². The molecule has 2 saturated carbocycles. The summed E-state index contributed by atoms with van der Waals surface area (Å²) in [7, 11) is 0. The third-order valence-electron chi connectivity index (χ3n) is 6.20. The Bertz CT molecular complexity index is 583. The Labute approximate surface area is 144 Å². The zero-order valence-electron chi connectivity index (χ0n) is 14.2. The highest BCUT2D eigenvalue weighted by molar-refractivity contribution is 5.94. The van der Waals surface area contributed by atoms with E-state index in [0.717, 1.165) is 50.8 Å². The summed E-state index contributed by atoms with van der Waals surface area (Å²) in [6, 6.07) is 8.41. The number of aliphatic hydroxyl groups excluding tert-OH is 1. The summed E-state index contributed by atoms with van der Waals surface area (Å²) in [5.74, 6) is 1.97. The highest BCUT2D eigenvalue weighted by Crippen LogP contribution is 2.44. The Balaban J connectivity index is 1.34. The van der Waals surface area contributed by atoms with Crippen LogP contribution in [0.1, 0.15) is 48.0 Å². The molecule has 1 aliphatic heterocycles. The maximum Gasteiger partial charge on any atom is 0.251 e. The smallest absolute Gasteiger partial charge is 0.251 e. The number of nitrogens with one attached hydrogen (secondary N) is 2. The molecule has 3 aliphatic rings. The van der Waals surface area contributed by atoms with Crippen molar-refractivity contribution in [3.8, 4) is 0 Å². The van der Waals surface area contributed by atoms with Gasteiger partial charge >= 0.3 is 0 Å². The van der Waals surface area contributed by atoms with Crippen molar-refractivity contribution < 1.29 is 9.90 Å². The molecule has 0 bridgehead atoms. The number of carbonyl (C=O) groups is 1. The summed E-state index contributed by atoms with van der Waals surface area (Å²) in [4.78, 5) is 12.6. The lowest BCUT2D eigenvalue weighted by atomic mass is 9.97. The Kier molecular flexibility index (Phi) is 4.59. The molecule has 3 unspecified atom stereocenters. The number of benzene rings is 1. The summed E-state index contributed by atoms with van der Waals surface area (Å²) < 4.78 is 0. The molecule has 4 heteroatoms. The van der Waals surface area contributed by atoms with Crippen molar-refractivity contribution in [3.05, 3.63) is 35.4 Å². The number of aliphatic hydroxyl groups is 1. The molecule has 3 N–H and O–H groups in total. The van der Waals surface area contributed by atoms with Crippen molar-refractivity contribution in [2.75, 3.05) is 13.1 Å². The molecule has 3 fully saturated rings. The topological polar surface area (TPSA) is 61.4 Å². The van der Waals surface area contributed by atoms with Crippen LogP contribution < -0.4 is 10.6 Å². The molecule has 0 aromatic heterocycles. The second-order valence-corrected chi connectivity index (χ2v) is 8.05. The molecular weight excluding hydrogens is 300 g/mol. The average Bonchev–Trinajstić information content (AvgIpc) is 3.24. The minimum absolute atomic E-state index is 0.0620. The molecule has 0 spiro atoms. The zero-order valence-corrected chi connectivity index (χ0v) is 14.2. The van der Waals surface area contributed by atoms with Gasteiger partial charge in [0, 0.05) is 11.6 Å². The van der Waals surface area contributed by atoms with E-state index in [1.54, 1.807) is 0 Å². The van der Waals surface area contributed by atoms with Gasteiger partial charge in [-0.15, -0.1) is 0 Å². The Morgan fingerprint density at radius 3 is 2.71 bits per heavy atom. The SMILES string of the molecule is O=C(NC1C[C@H]2CC(O)C[C@H]2C1)c1cccc(CC2CCNC2)c1. The number of rotatable bonds is 4. The fraction of sp³-hybridized carbons (Fsp3) is 0.650. The minimum atomic E-state index is -0.113. The predicted molar refractivity (Wildman–Crippen MR) is 93.8 cm³/mol. The van der Waals surface area contributed by atoms with Crippen molar-refractivity contribution in [1.82, 2.24) is 10.6 Å². The van der Waals surface area contributed by atoms with Gasteiger partial charge in [0.05, 0.1) is 6.10 Å². The molecule has 1 amide bonds. The normalized spacial score (nSPS) is 35.1. The van der Waals surface area contributed by atoms with E-state index in [2.05, 4.69) is 22.8 Å². The highest BCUT2D eigenvalue weighted by Gasteiger charge is 2.41.